The molecule has 0 aromatic heterocycles. The van der Waals surface area contributed by atoms with Crippen molar-refractivity contribution in [1.82, 2.24) is 0 Å². The normalized spacial score (nSPS) is 12.7. The summed E-state index contributed by atoms with van der Waals surface area (Å²) in [5.74, 6) is 0. The number of benzene rings is 1. The van der Waals surface area contributed by atoms with Crippen LogP contribution in [-0.2, 0) is 10.2 Å². The maximum absolute atomic E-state index is 12.2. The van der Waals surface area contributed by atoms with Crippen molar-refractivity contribution in [2.75, 3.05) is 23.9 Å². The highest BCUT2D eigenvalue weighted by molar-refractivity contribution is 9.10. The molecule has 0 radical (unpaired) electrons. The van der Waals surface area contributed by atoms with Gasteiger partial charge in [-0.25, -0.2) is 0 Å². The summed E-state index contributed by atoms with van der Waals surface area (Å²) in [5.41, 5.74) is 0.358. The first-order chi connectivity index (χ1) is 8.84. The first-order valence-corrected chi connectivity index (χ1v) is 8.40. The lowest BCUT2D eigenvalue weighted by Gasteiger charge is -2.31. The van der Waals surface area contributed by atoms with Crippen molar-refractivity contribution >= 4 is 47.8 Å². The van der Waals surface area contributed by atoms with Gasteiger partial charge in [0.1, 0.15) is 6.61 Å². The molecule has 0 bridgehead atoms. The molecule has 0 heterocycles. The Bertz CT molecular complexity index is 405. The molecule has 0 fully saturated rings. The quantitative estimate of drug-likeness (QED) is 0.530. The molecular formula is C12H12Br3F3O. The van der Waals surface area contributed by atoms with Gasteiger partial charge in [0.2, 0.25) is 0 Å². The Labute approximate surface area is 135 Å². The molecule has 0 aliphatic carbocycles. The van der Waals surface area contributed by atoms with Crippen molar-refractivity contribution in [3.63, 3.8) is 0 Å². The van der Waals surface area contributed by atoms with Crippen LogP contribution in [0.1, 0.15) is 5.56 Å². The largest absolute Gasteiger partial charge is 0.411 e. The van der Waals surface area contributed by atoms with Crippen LogP contribution in [0.2, 0.25) is 0 Å². The maximum Gasteiger partial charge on any atom is 0.411 e. The minimum atomic E-state index is -4.31. The second kappa shape index (κ2) is 7.43. The summed E-state index contributed by atoms with van der Waals surface area (Å²) in [5, 5.41) is 0.984. The third kappa shape index (κ3) is 5.02. The lowest BCUT2D eigenvalue weighted by molar-refractivity contribution is -0.176. The van der Waals surface area contributed by atoms with Crippen molar-refractivity contribution in [2.45, 2.75) is 11.6 Å². The van der Waals surface area contributed by atoms with Crippen LogP contribution in [0.15, 0.2) is 28.7 Å². The monoisotopic (exact) mass is 466 g/mol. The Morgan fingerprint density at radius 1 is 1.00 bits per heavy atom. The molecule has 1 aromatic rings. The van der Waals surface area contributed by atoms with Crippen LogP contribution in [-0.4, -0.2) is 30.1 Å². The van der Waals surface area contributed by atoms with E-state index < -0.39 is 18.2 Å². The molecule has 0 N–H and O–H groups in total. The summed E-state index contributed by atoms with van der Waals surface area (Å²) in [4.78, 5) is 0. The van der Waals surface area contributed by atoms with E-state index >= 15 is 0 Å². The maximum atomic E-state index is 12.2. The van der Waals surface area contributed by atoms with Crippen LogP contribution in [0.3, 0.4) is 0 Å². The lowest BCUT2D eigenvalue weighted by atomic mass is 9.85. The molecule has 0 aliphatic rings. The zero-order chi connectivity index (χ0) is 14.5. The van der Waals surface area contributed by atoms with Crippen molar-refractivity contribution in [2.24, 2.45) is 0 Å². The number of ether oxygens (including phenoxy) is 1. The predicted octanol–water partition coefficient (Wildman–Crippen LogP) is 5.06. The minimum Gasteiger partial charge on any atom is -0.371 e. The third-order valence-corrected chi connectivity index (χ3v) is 5.44. The van der Waals surface area contributed by atoms with Gasteiger partial charge in [-0.3, -0.25) is 0 Å². The highest BCUT2D eigenvalue weighted by Gasteiger charge is 2.35. The SMILES string of the molecule is FC(F)(F)COCC(CBr)(CBr)c1ccccc1Br. The van der Waals surface area contributed by atoms with E-state index in [0.29, 0.717) is 10.7 Å². The van der Waals surface area contributed by atoms with E-state index in [-0.39, 0.29) is 6.61 Å². The minimum absolute atomic E-state index is 0.0222. The summed E-state index contributed by atoms with van der Waals surface area (Å²) in [6.45, 7) is -1.26. The summed E-state index contributed by atoms with van der Waals surface area (Å²) < 4.78 is 42.2. The molecule has 1 rings (SSSR count). The third-order valence-electron chi connectivity index (χ3n) is 2.60. The van der Waals surface area contributed by atoms with Crippen LogP contribution in [0.5, 0.6) is 0 Å². The Kier molecular flexibility index (Phi) is 6.83. The first-order valence-electron chi connectivity index (χ1n) is 5.36. The highest BCUT2D eigenvalue weighted by atomic mass is 79.9. The van der Waals surface area contributed by atoms with E-state index in [4.69, 9.17) is 4.74 Å². The van der Waals surface area contributed by atoms with Gasteiger partial charge >= 0.3 is 6.18 Å². The van der Waals surface area contributed by atoms with E-state index in [2.05, 4.69) is 47.8 Å². The van der Waals surface area contributed by atoms with Gasteiger partial charge < -0.3 is 4.74 Å². The van der Waals surface area contributed by atoms with Crippen LogP contribution in [0, 0.1) is 0 Å². The molecule has 0 saturated carbocycles. The molecule has 0 saturated heterocycles. The van der Waals surface area contributed by atoms with Crippen molar-refractivity contribution in [3.8, 4) is 0 Å². The van der Waals surface area contributed by atoms with Gasteiger partial charge in [0.15, 0.2) is 0 Å². The smallest absolute Gasteiger partial charge is 0.371 e. The van der Waals surface area contributed by atoms with Gasteiger partial charge in [0.25, 0.3) is 0 Å². The molecule has 7 heteroatoms. The van der Waals surface area contributed by atoms with Gasteiger partial charge in [-0.2, -0.15) is 13.2 Å². The predicted molar refractivity (Wildman–Crippen MR) is 80.3 cm³/mol. The first kappa shape index (κ1) is 17.5. The van der Waals surface area contributed by atoms with E-state index in [1.165, 1.54) is 0 Å². The Hall–Kier alpha value is 0.410. The summed E-state index contributed by atoms with van der Waals surface area (Å²) >= 11 is 10.2. The van der Waals surface area contributed by atoms with E-state index in [9.17, 15) is 13.2 Å². The molecular weight excluding hydrogens is 457 g/mol. The standard InChI is InChI=1S/C12H12Br3F3O/c13-5-11(6-14,7-19-8-12(16,17)18)9-3-1-2-4-10(9)15/h1-4H,5-8H2. The Balaban J connectivity index is 2.89. The molecule has 0 atom stereocenters. The zero-order valence-corrected chi connectivity index (χ0v) is 14.6. The van der Waals surface area contributed by atoms with Crippen molar-refractivity contribution in [1.29, 1.82) is 0 Å². The highest BCUT2D eigenvalue weighted by Crippen LogP contribution is 2.34. The topological polar surface area (TPSA) is 9.23 Å². The molecule has 1 nitrogen and oxygen atoms in total. The number of halogens is 6. The molecule has 1 aromatic carbocycles. The average Bonchev–Trinajstić information content (AvgIpc) is 2.35. The second-order valence-electron chi connectivity index (χ2n) is 4.14. The van der Waals surface area contributed by atoms with Gasteiger partial charge in [0.05, 0.1) is 6.61 Å². The van der Waals surface area contributed by atoms with Crippen molar-refractivity contribution in [3.05, 3.63) is 34.3 Å². The number of hydrogen-bond donors (Lipinski definition) is 0. The fourth-order valence-corrected chi connectivity index (χ4v) is 4.15. The zero-order valence-electron chi connectivity index (χ0n) is 9.81. The van der Waals surface area contributed by atoms with Crippen molar-refractivity contribution < 1.29 is 17.9 Å². The molecule has 0 spiro atoms. The summed E-state index contributed by atoms with van der Waals surface area (Å²) in [6.07, 6.45) is -4.31. The number of hydrogen-bond acceptors (Lipinski definition) is 1. The van der Waals surface area contributed by atoms with E-state index in [1.807, 2.05) is 24.3 Å². The van der Waals surface area contributed by atoms with Gasteiger partial charge in [-0.05, 0) is 11.6 Å². The molecule has 19 heavy (non-hydrogen) atoms. The Morgan fingerprint density at radius 2 is 1.58 bits per heavy atom. The number of rotatable bonds is 6. The van der Waals surface area contributed by atoms with E-state index in [0.717, 1.165) is 10.0 Å². The fourth-order valence-electron chi connectivity index (χ4n) is 1.59. The molecule has 0 unspecified atom stereocenters. The average molecular weight is 469 g/mol. The molecule has 0 aliphatic heterocycles. The summed E-state index contributed by atoms with van der Waals surface area (Å²) in [6, 6.07) is 7.45. The Morgan fingerprint density at radius 3 is 2.05 bits per heavy atom. The van der Waals surface area contributed by atoms with Gasteiger partial charge in [-0.15, -0.1) is 0 Å². The van der Waals surface area contributed by atoms with Crippen LogP contribution >= 0.6 is 47.8 Å². The second-order valence-corrected chi connectivity index (χ2v) is 6.11. The van der Waals surface area contributed by atoms with Gasteiger partial charge in [0, 0.05) is 20.5 Å². The van der Waals surface area contributed by atoms with Crippen LogP contribution in [0.4, 0.5) is 13.2 Å². The fraction of sp³-hybridized carbons (Fsp3) is 0.500. The molecule has 108 valence electrons. The molecule has 0 amide bonds. The van der Waals surface area contributed by atoms with E-state index in [1.54, 1.807) is 0 Å². The lowest BCUT2D eigenvalue weighted by Crippen LogP contribution is -2.37. The van der Waals surface area contributed by atoms with Gasteiger partial charge in [-0.1, -0.05) is 66.0 Å². The van der Waals surface area contributed by atoms with Crippen LogP contribution in [0.25, 0.3) is 0 Å². The van der Waals surface area contributed by atoms with Crippen LogP contribution < -0.4 is 0 Å². The summed E-state index contributed by atoms with van der Waals surface area (Å²) in [7, 11) is 0. The number of alkyl halides is 5.